The van der Waals surface area contributed by atoms with Crippen molar-refractivity contribution in [1.82, 2.24) is 0 Å². The van der Waals surface area contributed by atoms with Gasteiger partial charge in [-0.15, -0.1) is 0 Å². The Bertz CT molecular complexity index is 342. The number of nitrogen functional groups attached to an aromatic ring is 1. The average Bonchev–Trinajstić information content (AvgIpc) is 2.08. The van der Waals surface area contributed by atoms with Gasteiger partial charge in [0.1, 0.15) is 0 Å². The number of nitrogens with one attached hydrogen (secondary N) is 1. The maximum atomic E-state index is 5.71. The van der Waals surface area contributed by atoms with Gasteiger partial charge in [-0.3, -0.25) is 0 Å². The van der Waals surface area contributed by atoms with Crippen LogP contribution in [-0.4, -0.2) is 6.04 Å². The fraction of sp³-hybridized carbons (Fsp3) is 0.500. The van der Waals surface area contributed by atoms with E-state index in [1.807, 2.05) is 18.2 Å². The van der Waals surface area contributed by atoms with Gasteiger partial charge in [0, 0.05) is 21.0 Å². The summed E-state index contributed by atoms with van der Waals surface area (Å²) in [6.07, 6.45) is 0. The molecular weight excluding hydrogens is 299 g/mol. The lowest BCUT2D eigenvalue weighted by Gasteiger charge is -2.29. The second-order valence-corrected chi connectivity index (χ2v) is 6.13. The third-order valence-corrected chi connectivity index (χ3v) is 3.56. The molecule has 1 atom stereocenters. The van der Waals surface area contributed by atoms with Crippen LogP contribution < -0.4 is 11.1 Å². The smallest absolute Gasteiger partial charge is 0.0479 e. The van der Waals surface area contributed by atoms with Crippen molar-refractivity contribution in [3.05, 3.63) is 21.8 Å². The van der Waals surface area contributed by atoms with Gasteiger partial charge in [0.2, 0.25) is 0 Å². The summed E-state index contributed by atoms with van der Waals surface area (Å²) < 4.78 is 1.17. The molecule has 0 aliphatic carbocycles. The molecule has 0 aromatic heterocycles. The van der Waals surface area contributed by atoms with E-state index in [1.165, 1.54) is 3.57 Å². The molecule has 0 saturated heterocycles. The highest BCUT2D eigenvalue weighted by molar-refractivity contribution is 14.1. The van der Waals surface area contributed by atoms with Crippen molar-refractivity contribution in [3.63, 3.8) is 0 Å². The number of rotatable bonds is 2. The molecule has 0 amide bonds. The van der Waals surface area contributed by atoms with Crippen LogP contribution in [0.1, 0.15) is 27.7 Å². The molecule has 0 heterocycles. The molecule has 3 N–H and O–H groups in total. The Hall–Kier alpha value is -0.450. The number of hydrogen-bond donors (Lipinski definition) is 2. The minimum Gasteiger partial charge on any atom is -0.399 e. The number of halogens is 1. The van der Waals surface area contributed by atoms with Crippen LogP contribution in [0.2, 0.25) is 0 Å². The molecule has 3 heteroatoms. The van der Waals surface area contributed by atoms with E-state index < -0.39 is 0 Å². The molecule has 0 bridgehead atoms. The summed E-state index contributed by atoms with van der Waals surface area (Å²) in [7, 11) is 0. The summed E-state index contributed by atoms with van der Waals surface area (Å²) in [6.45, 7) is 8.89. The highest BCUT2D eigenvalue weighted by Gasteiger charge is 2.20. The maximum absolute atomic E-state index is 5.71. The number of benzene rings is 1. The zero-order valence-electron chi connectivity index (χ0n) is 9.76. The number of hydrogen-bond acceptors (Lipinski definition) is 2. The Morgan fingerprint density at radius 1 is 1.33 bits per heavy atom. The van der Waals surface area contributed by atoms with Crippen molar-refractivity contribution in [2.24, 2.45) is 5.41 Å². The lowest BCUT2D eigenvalue weighted by atomic mass is 9.88. The standard InChI is InChI=1S/C12H19IN2/c1-8(12(2,3)4)15-11-6-5-9(14)7-10(11)13/h5-8,15H,14H2,1-4H3. The van der Waals surface area contributed by atoms with Crippen LogP contribution in [0, 0.1) is 8.99 Å². The van der Waals surface area contributed by atoms with Crippen molar-refractivity contribution in [1.29, 1.82) is 0 Å². The van der Waals surface area contributed by atoms with Gasteiger partial charge in [-0.1, -0.05) is 20.8 Å². The van der Waals surface area contributed by atoms with E-state index in [4.69, 9.17) is 5.73 Å². The second-order valence-electron chi connectivity index (χ2n) is 4.97. The summed E-state index contributed by atoms with van der Waals surface area (Å²) in [5, 5.41) is 3.51. The highest BCUT2D eigenvalue weighted by atomic mass is 127. The van der Waals surface area contributed by atoms with Gasteiger partial charge < -0.3 is 11.1 Å². The third kappa shape index (κ3) is 3.55. The molecule has 0 aliphatic heterocycles. The van der Waals surface area contributed by atoms with Crippen LogP contribution in [0.5, 0.6) is 0 Å². The molecule has 0 aliphatic rings. The van der Waals surface area contributed by atoms with Gasteiger partial charge in [0.15, 0.2) is 0 Å². The van der Waals surface area contributed by atoms with Gasteiger partial charge in [0.25, 0.3) is 0 Å². The minimum atomic E-state index is 0.254. The molecule has 1 aromatic carbocycles. The lowest BCUT2D eigenvalue weighted by Crippen LogP contribution is -2.31. The molecule has 84 valence electrons. The predicted molar refractivity (Wildman–Crippen MR) is 76.1 cm³/mol. The first-order valence-corrected chi connectivity index (χ1v) is 6.20. The third-order valence-electron chi connectivity index (χ3n) is 2.66. The van der Waals surface area contributed by atoms with Gasteiger partial charge >= 0.3 is 0 Å². The maximum Gasteiger partial charge on any atom is 0.0479 e. The summed E-state index contributed by atoms with van der Waals surface area (Å²) in [4.78, 5) is 0. The average molecular weight is 318 g/mol. The van der Waals surface area contributed by atoms with Crippen LogP contribution >= 0.6 is 22.6 Å². The van der Waals surface area contributed by atoms with Gasteiger partial charge in [-0.2, -0.15) is 0 Å². The molecule has 0 saturated carbocycles. The minimum absolute atomic E-state index is 0.254. The molecule has 0 fully saturated rings. The Labute approximate surface area is 106 Å². The van der Waals surface area contributed by atoms with Crippen molar-refractivity contribution in [2.75, 3.05) is 11.1 Å². The highest BCUT2D eigenvalue weighted by Crippen LogP contribution is 2.26. The van der Waals surface area contributed by atoms with E-state index in [0.29, 0.717) is 6.04 Å². The van der Waals surface area contributed by atoms with Gasteiger partial charge in [-0.25, -0.2) is 0 Å². The van der Waals surface area contributed by atoms with Crippen LogP contribution in [0.25, 0.3) is 0 Å². The molecule has 0 spiro atoms. The van der Waals surface area contributed by atoms with Crippen LogP contribution in [-0.2, 0) is 0 Å². The molecule has 1 unspecified atom stereocenters. The van der Waals surface area contributed by atoms with Crippen molar-refractivity contribution in [3.8, 4) is 0 Å². The van der Waals surface area contributed by atoms with Gasteiger partial charge in [0.05, 0.1) is 0 Å². The predicted octanol–water partition coefficient (Wildman–Crippen LogP) is 3.72. The van der Waals surface area contributed by atoms with E-state index in [9.17, 15) is 0 Å². The van der Waals surface area contributed by atoms with E-state index in [-0.39, 0.29) is 5.41 Å². The molecule has 0 radical (unpaired) electrons. The first-order valence-electron chi connectivity index (χ1n) is 5.12. The second kappa shape index (κ2) is 4.60. The fourth-order valence-electron chi connectivity index (χ4n) is 1.10. The fourth-order valence-corrected chi connectivity index (χ4v) is 1.79. The molecule has 2 nitrogen and oxygen atoms in total. The zero-order chi connectivity index (χ0) is 11.6. The largest absolute Gasteiger partial charge is 0.399 e. The van der Waals surface area contributed by atoms with Crippen molar-refractivity contribution >= 4 is 34.0 Å². The molecule has 1 aromatic rings. The van der Waals surface area contributed by atoms with E-state index in [1.54, 1.807) is 0 Å². The Balaban J connectivity index is 2.82. The van der Waals surface area contributed by atoms with Crippen molar-refractivity contribution in [2.45, 2.75) is 33.7 Å². The monoisotopic (exact) mass is 318 g/mol. The quantitative estimate of drug-likeness (QED) is 0.644. The number of nitrogens with two attached hydrogens (primary N) is 1. The van der Waals surface area contributed by atoms with E-state index >= 15 is 0 Å². The zero-order valence-corrected chi connectivity index (χ0v) is 11.9. The topological polar surface area (TPSA) is 38.0 Å². The van der Waals surface area contributed by atoms with Crippen LogP contribution in [0.15, 0.2) is 18.2 Å². The summed E-state index contributed by atoms with van der Waals surface area (Å²) in [5.41, 5.74) is 7.94. The van der Waals surface area contributed by atoms with E-state index in [2.05, 4.69) is 55.6 Å². The lowest BCUT2D eigenvalue weighted by molar-refractivity contribution is 0.359. The molecule has 1 rings (SSSR count). The van der Waals surface area contributed by atoms with Gasteiger partial charge in [-0.05, 0) is 53.1 Å². The van der Waals surface area contributed by atoms with Crippen LogP contribution in [0.3, 0.4) is 0 Å². The number of anilines is 2. The van der Waals surface area contributed by atoms with E-state index in [0.717, 1.165) is 11.4 Å². The summed E-state index contributed by atoms with van der Waals surface area (Å²) in [6, 6.07) is 6.38. The normalized spacial score (nSPS) is 13.7. The molecular formula is C12H19IN2. The van der Waals surface area contributed by atoms with Crippen molar-refractivity contribution < 1.29 is 0 Å². The Morgan fingerprint density at radius 2 is 1.93 bits per heavy atom. The summed E-state index contributed by atoms with van der Waals surface area (Å²) >= 11 is 2.31. The Morgan fingerprint density at radius 3 is 2.40 bits per heavy atom. The Kier molecular flexibility index (Phi) is 3.87. The molecule has 15 heavy (non-hydrogen) atoms. The SMILES string of the molecule is CC(Nc1ccc(N)cc1I)C(C)(C)C. The first-order chi connectivity index (χ1) is 6.80. The summed E-state index contributed by atoms with van der Waals surface area (Å²) in [5.74, 6) is 0. The van der Waals surface area contributed by atoms with Crippen LogP contribution in [0.4, 0.5) is 11.4 Å². The first kappa shape index (κ1) is 12.6.